The highest BCUT2D eigenvalue weighted by Crippen LogP contribution is 2.52. The minimum atomic E-state index is -0.202. The monoisotopic (exact) mass is 368 g/mol. The number of hydrogen-bond acceptors (Lipinski definition) is 5. The molecule has 0 heterocycles. The van der Waals surface area contributed by atoms with E-state index in [2.05, 4.69) is 29.1 Å². The average Bonchev–Trinajstić information content (AvgIpc) is 2.69. The molecule has 6 heteroatoms. The first-order valence-electron chi connectivity index (χ1n) is 9.21. The molecule has 0 atom stereocenters. The number of nitrogens with one attached hydrogen (secondary N) is 2. The molecule has 0 aromatic heterocycles. The van der Waals surface area contributed by atoms with Crippen LogP contribution < -0.4 is 10.0 Å². The second kappa shape index (κ2) is 7.60. The second-order valence-electron chi connectivity index (χ2n) is 7.45. The molecule has 3 fully saturated rings. The van der Waals surface area contributed by atoms with Crippen molar-refractivity contribution in [1.82, 2.24) is 5.32 Å². The van der Waals surface area contributed by atoms with E-state index in [4.69, 9.17) is 0 Å². The quantitative estimate of drug-likeness (QED) is 0.575. The van der Waals surface area contributed by atoms with Gasteiger partial charge in [-0.1, -0.05) is 18.9 Å². The summed E-state index contributed by atoms with van der Waals surface area (Å²) >= 11 is 1.56. The van der Waals surface area contributed by atoms with Crippen LogP contribution in [0.2, 0.25) is 0 Å². The second-order valence-corrected chi connectivity index (χ2v) is 8.35. The minimum Gasteiger partial charge on any atom is -0.347 e. The molecule has 136 valence electrons. The van der Waals surface area contributed by atoms with Gasteiger partial charge in [-0.25, -0.2) is 0 Å². The first kappa shape index (κ1) is 18.6. The van der Waals surface area contributed by atoms with Crippen LogP contribution in [0.5, 0.6) is 0 Å². The highest BCUT2D eigenvalue weighted by molar-refractivity contribution is 8.00. The van der Waals surface area contributed by atoms with E-state index in [0.29, 0.717) is 11.1 Å². The highest BCUT2D eigenvalue weighted by Gasteiger charge is 2.49. The Hall–Kier alpha value is -2.18. The van der Waals surface area contributed by atoms with Crippen LogP contribution in [0, 0.1) is 28.1 Å². The molecule has 2 N–H and O–H groups in total. The molecule has 1 amide bonds. The summed E-state index contributed by atoms with van der Waals surface area (Å²) in [5.41, 5.74) is 1.37. The zero-order valence-electron chi connectivity index (χ0n) is 15.1. The fourth-order valence-electron chi connectivity index (χ4n) is 3.97. The smallest absolute Gasteiger partial charge is 0.253 e. The lowest BCUT2D eigenvalue weighted by Crippen LogP contribution is -2.56. The van der Waals surface area contributed by atoms with E-state index in [9.17, 15) is 15.3 Å². The Morgan fingerprint density at radius 2 is 1.88 bits per heavy atom. The van der Waals surface area contributed by atoms with E-state index in [1.807, 2.05) is 0 Å². The summed E-state index contributed by atoms with van der Waals surface area (Å²) in [6.07, 6.45) is 6.20. The zero-order valence-corrected chi connectivity index (χ0v) is 15.9. The minimum absolute atomic E-state index is 0.131. The van der Waals surface area contributed by atoms with Gasteiger partial charge in [-0.3, -0.25) is 4.79 Å². The lowest BCUT2D eigenvalue weighted by atomic mass is 9.58. The summed E-state index contributed by atoms with van der Waals surface area (Å²) in [5.74, 6) is 0.814. The summed E-state index contributed by atoms with van der Waals surface area (Å²) < 4.78 is 3.24. The van der Waals surface area contributed by atoms with Gasteiger partial charge in [0, 0.05) is 11.3 Å². The number of anilines is 1. The Kier molecular flexibility index (Phi) is 5.44. The molecule has 4 rings (SSSR count). The number of rotatable bonds is 6. The molecule has 0 saturated heterocycles. The van der Waals surface area contributed by atoms with Crippen LogP contribution >= 0.6 is 11.9 Å². The van der Waals surface area contributed by atoms with E-state index in [1.165, 1.54) is 0 Å². The molecule has 2 bridgehead atoms. The lowest BCUT2D eigenvalue weighted by Gasteiger charge is -2.50. The molecule has 0 aliphatic heterocycles. The molecule has 1 aromatic rings. The van der Waals surface area contributed by atoms with Crippen molar-refractivity contribution in [2.24, 2.45) is 5.41 Å². The topological polar surface area (TPSA) is 88.7 Å². The zero-order chi connectivity index (χ0) is 18.6. The van der Waals surface area contributed by atoms with Crippen LogP contribution in [-0.2, 0) is 0 Å². The van der Waals surface area contributed by atoms with Crippen molar-refractivity contribution in [3.8, 4) is 12.1 Å². The number of carbonyl (C=O) groups is 1. The van der Waals surface area contributed by atoms with Crippen LogP contribution in [0.15, 0.2) is 18.2 Å². The van der Waals surface area contributed by atoms with E-state index in [-0.39, 0.29) is 16.9 Å². The SMILES string of the molecule is CCCSNc1ccc(C#N)cc1C(=O)NC12CCC(C#N)(CC1)CC2. The van der Waals surface area contributed by atoms with Gasteiger partial charge in [0.1, 0.15) is 0 Å². The third kappa shape index (κ3) is 3.66. The van der Waals surface area contributed by atoms with Gasteiger partial charge in [0.15, 0.2) is 0 Å². The van der Waals surface area contributed by atoms with E-state index >= 15 is 0 Å². The predicted octanol–water partition coefficient (Wildman–Crippen LogP) is 4.37. The van der Waals surface area contributed by atoms with Crippen LogP contribution in [-0.4, -0.2) is 17.2 Å². The molecule has 5 nitrogen and oxygen atoms in total. The van der Waals surface area contributed by atoms with Gasteiger partial charge in [-0.2, -0.15) is 10.5 Å². The molecule has 0 radical (unpaired) electrons. The van der Waals surface area contributed by atoms with Gasteiger partial charge >= 0.3 is 0 Å². The third-order valence-corrected chi connectivity index (χ3v) is 6.72. The maximum absolute atomic E-state index is 13.0. The van der Waals surface area contributed by atoms with Crippen molar-refractivity contribution in [3.63, 3.8) is 0 Å². The van der Waals surface area contributed by atoms with Crippen LogP contribution in [0.4, 0.5) is 5.69 Å². The van der Waals surface area contributed by atoms with Crippen molar-refractivity contribution in [2.45, 2.75) is 57.4 Å². The van der Waals surface area contributed by atoms with Crippen molar-refractivity contribution < 1.29 is 4.79 Å². The van der Waals surface area contributed by atoms with Gasteiger partial charge in [0.05, 0.1) is 34.4 Å². The number of nitriles is 2. The number of amides is 1. The molecule has 26 heavy (non-hydrogen) atoms. The summed E-state index contributed by atoms with van der Waals surface area (Å²) in [4.78, 5) is 13.0. The largest absolute Gasteiger partial charge is 0.347 e. The van der Waals surface area contributed by atoms with Gasteiger partial charge in [-0.05, 0) is 63.1 Å². The van der Waals surface area contributed by atoms with Crippen LogP contribution in [0.25, 0.3) is 0 Å². The lowest BCUT2D eigenvalue weighted by molar-refractivity contribution is 0.0522. The van der Waals surface area contributed by atoms with Crippen molar-refractivity contribution >= 4 is 23.5 Å². The fraction of sp³-hybridized carbons (Fsp3) is 0.550. The van der Waals surface area contributed by atoms with E-state index in [0.717, 1.165) is 56.4 Å². The summed E-state index contributed by atoms with van der Waals surface area (Å²) in [6.45, 7) is 2.10. The maximum Gasteiger partial charge on any atom is 0.253 e. The highest BCUT2D eigenvalue weighted by atomic mass is 32.2. The Balaban J connectivity index is 1.77. The summed E-state index contributed by atoms with van der Waals surface area (Å²) in [5, 5.41) is 21.9. The first-order valence-corrected chi connectivity index (χ1v) is 10.2. The number of nitrogens with zero attached hydrogens (tertiary/aromatic N) is 2. The molecule has 0 spiro atoms. The Labute approximate surface area is 159 Å². The van der Waals surface area contributed by atoms with Crippen molar-refractivity contribution in [2.75, 3.05) is 10.5 Å². The van der Waals surface area contributed by atoms with E-state index in [1.54, 1.807) is 30.1 Å². The number of hydrogen-bond donors (Lipinski definition) is 2. The third-order valence-electron chi connectivity index (χ3n) is 5.74. The molecule has 1 aromatic carbocycles. The van der Waals surface area contributed by atoms with Crippen molar-refractivity contribution in [3.05, 3.63) is 29.3 Å². The Bertz CT molecular complexity index is 752. The van der Waals surface area contributed by atoms with Crippen LogP contribution in [0.3, 0.4) is 0 Å². The fourth-order valence-corrected chi connectivity index (χ4v) is 4.61. The molecular formula is C20H24N4OS. The molecule has 3 aliphatic carbocycles. The number of carbonyl (C=O) groups excluding carboxylic acids is 1. The maximum atomic E-state index is 13.0. The average molecular weight is 369 g/mol. The standard InChI is InChI=1S/C20H24N4OS/c1-2-11-26-24-17-4-3-15(13-21)12-16(17)18(25)23-20-8-5-19(14-22,6-9-20)7-10-20/h3-4,12,24H,2,5-11H2,1H3,(H,23,25). The number of benzene rings is 1. The molecule has 0 unspecified atom stereocenters. The summed E-state index contributed by atoms with van der Waals surface area (Å²) in [7, 11) is 0. The normalized spacial score (nSPS) is 26.6. The molecule has 3 aliphatic rings. The van der Waals surface area contributed by atoms with E-state index < -0.39 is 0 Å². The van der Waals surface area contributed by atoms with Gasteiger partial charge in [0.2, 0.25) is 0 Å². The Morgan fingerprint density at radius 3 is 2.46 bits per heavy atom. The molecule has 3 saturated carbocycles. The van der Waals surface area contributed by atoms with Gasteiger partial charge in [0.25, 0.3) is 5.91 Å². The van der Waals surface area contributed by atoms with Gasteiger partial charge < -0.3 is 10.0 Å². The number of fused-ring (bicyclic) bond motifs is 3. The summed E-state index contributed by atoms with van der Waals surface area (Å²) in [6, 6.07) is 9.80. The molecular weight excluding hydrogens is 344 g/mol. The predicted molar refractivity (Wildman–Crippen MR) is 103 cm³/mol. The Morgan fingerprint density at radius 1 is 1.19 bits per heavy atom. The van der Waals surface area contributed by atoms with Gasteiger partial charge in [-0.15, -0.1) is 0 Å². The van der Waals surface area contributed by atoms with Crippen molar-refractivity contribution in [1.29, 1.82) is 10.5 Å². The first-order chi connectivity index (χ1) is 12.6. The van der Waals surface area contributed by atoms with Crippen LogP contribution in [0.1, 0.15) is 67.8 Å².